The summed E-state index contributed by atoms with van der Waals surface area (Å²) in [7, 11) is -1.42. The number of hydrogen-bond acceptors (Lipinski definition) is 5. The average molecular weight is 211 g/mol. The van der Waals surface area contributed by atoms with Crippen molar-refractivity contribution in [1.29, 1.82) is 0 Å². The van der Waals surface area contributed by atoms with Gasteiger partial charge in [-0.2, -0.15) is 0 Å². The highest BCUT2D eigenvalue weighted by atomic mass is 32.1. The fourth-order valence-electron chi connectivity index (χ4n) is 1.28. The highest BCUT2D eigenvalue weighted by molar-refractivity contribution is 7.22. The van der Waals surface area contributed by atoms with Crippen molar-refractivity contribution in [1.82, 2.24) is 4.98 Å². The van der Waals surface area contributed by atoms with Gasteiger partial charge in [0.25, 0.3) is 0 Å². The van der Waals surface area contributed by atoms with Crippen molar-refractivity contribution in [2.45, 2.75) is 6.42 Å². The van der Waals surface area contributed by atoms with Crippen LogP contribution >= 0.6 is 11.3 Å². The Kier molecular flexibility index (Phi) is 2.97. The molecule has 2 rings (SSSR count). The minimum Gasteiger partial charge on any atom is -0.423 e. The summed E-state index contributed by atoms with van der Waals surface area (Å²) in [6.07, 6.45) is 4.32. The van der Waals surface area contributed by atoms with Crippen LogP contribution in [0.3, 0.4) is 0 Å². The predicted molar refractivity (Wildman–Crippen MR) is 55.4 cm³/mol. The second kappa shape index (κ2) is 4.23. The van der Waals surface area contributed by atoms with Crippen LogP contribution in [0.15, 0.2) is 12.3 Å². The zero-order valence-corrected chi connectivity index (χ0v) is 8.33. The van der Waals surface area contributed by atoms with Crippen LogP contribution in [-0.4, -0.2) is 35.4 Å². The number of nitrogens with zero attached hydrogens (tertiary/aromatic N) is 1. The van der Waals surface area contributed by atoms with Crippen LogP contribution in [0.25, 0.3) is 5.57 Å². The first kappa shape index (κ1) is 9.85. The lowest BCUT2D eigenvalue weighted by molar-refractivity contribution is 0.161. The molecular formula is C8H10BNO3S. The zero-order chi connectivity index (χ0) is 9.97. The highest BCUT2D eigenvalue weighted by Crippen LogP contribution is 2.21. The summed E-state index contributed by atoms with van der Waals surface area (Å²) >= 11 is 1.31. The Balaban J connectivity index is 2.19. The number of rotatable bonds is 2. The van der Waals surface area contributed by atoms with Crippen LogP contribution in [0.5, 0.6) is 0 Å². The molecular weight excluding hydrogens is 201 g/mol. The lowest BCUT2D eigenvalue weighted by Gasteiger charge is -2.10. The van der Waals surface area contributed by atoms with E-state index >= 15 is 0 Å². The molecule has 0 saturated heterocycles. The third-order valence-electron chi connectivity index (χ3n) is 2.02. The molecule has 1 aliphatic heterocycles. The first-order valence-electron chi connectivity index (χ1n) is 4.36. The van der Waals surface area contributed by atoms with Crippen LogP contribution in [0.2, 0.25) is 0 Å². The first-order chi connectivity index (χ1) is 6.77. The molecule has 0 spiro atoms. The Bertz CT molecular complexity index is 350. The van der Waals surface area contributed by atoms with E-state index in [0.717, 1.165) is 17.0 Å². The quantitative estimate of drug-likeness (QED) is 0.655. The van der Waals surface area contributed by atoms with Gasteiger partial charge in [-0.1, -0.05) is 6.08 Å². The molecule has 0 unspecified atom stereocenters. The van der Waals surface area contributed by atoms with Crippen LogP contribution in [0.4, 0.5) is 0 Å². The molecule has 4 nitrogen and oxygen atoms in total. The molecule has 6 heteroatoms. The number of hydrogen-bond donors (Lipinski definition) is 2. The molecule has 1 aromatic rings. The standard InChI is InChI=1S/C8H10BNO3S/c11-9(12)7-5-10-8(14-7)6-1-3-13-4-2-6/h1,5,11-12H,2-4H2. The molecule has 2 heterocycles. The van der Waals surface area contributed by atoms with Crippen molar-refractivity contribution in [2.75, 3.05) is 13.2 Å². The summed E-state index contributed by atoms with van der Waals surface area (Å²) in [5, 5.41) is 18.7. The van der Waals surface area contributed by atoms with Gasteiger partial charge in [-0.15, -0.1) is 11.3 Å². The fourth-order valence-corrected chi connectivity index (χ4v) is 2.13. The van der Waals surface area contributed by atoms with Crippen molar-refractivity contribution < 1.29 is 14.8 Å². The minimum atomic E-state index is -1.42. The lowest BCUT2D eigenvalue weighted by Crippen LogP contribution is -2.26. The molecule has 0 fully saturated rings. The molecule has 0 atom stereocenters. The summed E-state index contributed by atoms with van der Waals surface area (Å²) < 4.78 is 5.66. The van der Waals surface area contributed by atoms with Gasteiger partial charge in [0, 0.05) is 6.20 Å². The van der Waals surface area contributed by atoms with Crippen molar-refractivity contribution >= 4 is 28.8 Å². The van der Waals surface area contributed by atoms with E-state index in [0.29, 0.717) is 18.0 Å². The Labute approximate surface area is 86.0 Å². The van der Waals surface area contributed by atoms with E-state index in [2.05, 4.69) is 4.98 Å². The lowest BCUT2D eigenvalue weighted by atomic mass is 9.91. The van der Waals surface area contributed by atoms with Crippen LogP contribution in [0, 0.1) is 0 Å². The first-order valence-corrected chi connectivity index (χ1v) is 5.18. The summed E-state index contributed by atoms with van der Waals surface area (Å²) in [4.78, 5) is 4.14. The Morgan fingerprint density at radius 3 is 2.93 bits per heavy atom. The molecule has 14 heavy (non-hydrogen) atoms. The molecule has 74 valence electrons. The van der Waals surface area contributed by atoms with Gasteiger partial charge in [-0.05, 0) is 12.0 Å². The zero-order valence-electron chi connectivity index (χ0n) is 7.51. The maximum absolute atomic E-state index is 8.92. The third-order valence-corrected chi connectivity index (χ3v) is 3.13. The summed E-state index contributed by atoms with van der Waals surface area (Å²) in [6, 6.07) is 0. The van der Waals surface area contributed by atoms with E-state index in [1.54, 1.807) is 0 Å². The molecule has 0 radical (unpaired) electrons. The fraction of sp³-hybridized carbons (Fsp3) is 0.375. The number of ether oxygens (including phenoxy) is 1. The van der Waals surface area contributed by atoms with Gasteiger partial charge < -0.3 is 14.8 Å². The molecule has 1 aromatic heterocycles. The molecule has 0 bridgehead atoms. The molecule has 0 saturated carbocycles. The monoisotopic (exact) mass is 211 g/mol. The Hall–Kier alpha value is -0.685. The van der Waals surface area contributed by atoms with Gasteiger partial charge in [-0.3, -0.25) is 0 Å². The minimum absolute atomic E-state index is 0.479. The number of aromatic nitrogens is 1. The normalized spacial score (nSPS) is 16.6. The largest absolute Gasteiger partial charge is 0.500 e. The Morgan fingerprint density at radius 2 is 2.36 bits per heavy atom. The van der Waals surface area contributed by atoms with E-state index < -0.39 is 7.12 Å². The maximum atomic E-state index is 8.92. The average Bonchev–Trinajstić information content (AvgIpc) is 2.68. The van der Waals surface area contributed by atoms with Crippen molar-refractivity contribution in [3.05, 3.63) is 17.3 Å². The third kappa shape index (κ3) is 2.04. The topological polar surface area (TPSA) is 62.6 Å². The summed E-state index contributed by atoms with van der Waals surface area (Å²) in [5.74, 6) is 0. The van der Waals surface area contributed by atoms with E-state index in [1.165, 1.54) is 17.5 Å². The van der Waals surface area contributed by atoms with Crippen molar-refractivity contribution in [2.24, 2.45) is 0 Å². The SMILES string of the molecule is OB(O)c1cnc(C2=CCOCC2)s1. The van der Waals surface area contributed by atoms with Gasteiger partial charge >= 0.3 is 7.12 Å². The van der Waals surface area contributed by atoms with Gasteiger partial charge in [0.1, 0.15) is 5.01 Å². The van der Waals surface area contributed by atoms with Gasteiger partial charge in [0.15, 0.2) is 0 Å². The summed E-state index contributed by atoms with van der Waals surface area (Å²) in [6.45, 7) is 1.33. The van der Waals surface area contributed by atoms with Gasteiger partial charge in [0.2, 0.25) is 0 Å². The maximum Gasteiger partial charge on any atom is 0.500 e. The predicted octanol–water partition coefficient (Wildman–Crippen LogP) is -0.373. The molecule has 1 aliphatic rings. The molecule has 2 N–H and O–H groups in total. The molecule has 0 amide bonds. The van der Waals surface area contributed by atoms with E-state index in [1.807, 2.05) is 6.08 Å². The van der Waals surface area contributed by atoms with Gasteiger partial charge in [0.05, 0.1) is 18.0 Å². The highest BCUT2D eigenvalue weighted by Gasteiger charge is 2.17. The summed E-state index contributed by atoms with van der Waals surface area (Å²) in [5.41, 5.74) is 1.13. The van der Waals surface area contributed by atoms with Crippen molar-refractivity contribution in [3.63, 3.8) is 0 Å². The van der Waals surface area contributed by atoms with Crippen LogP contribution < -0.4 is 4.78 Å². The second-order valence-electron chi connectivity index (χ2n) is 3.00. The van der Waals surface area contributed by atoms with E-state index in [4.69, 9.17) is 14.8 Å². The molecule has 0 aromatic carbocycles. The van der Waals surface area contributed by atoms with E-state index in [9.17, 15) is 0 Å². The Morgan fingerprint density at radius 1 is 1.50 bits per heavy atom. The van der Waals surface area contributed by atoms with Gasteiger partial charge in [-0.25, -0.2) is 4.98 Å². The van der Waals surface area contributed by atoms with Crippen molar-refractivity contribution in [3.8, 4) is 0 Å². The smallest absolute Gasteiger partial charge is 0.423 e. The van der Waals surface area contributed by atoms with Crippen LogP contribution in [0.1, 0.15) is 11.4 Å². The van der Waals surface area contributed by atoms with Crippen LogP contribution in [-0.2, 0) is 4.74 Å². The second-order valence-corrected chi connectivity index (χ2v) is 4.06. The van der Waals surface area contributed by atoms with E-state index in [-0.39, 0.29) is 0 Å². The number of thiazole rings is 1. The molecule has 0 aliphatic carbocycles.